The van der Waals surface area contributed by atoms with E-state index in [1.165, 1.54) is 18.7 Å². The molecular formula is C22H23N3O4. The van der Waals surface area contributed by atoms with Crippen molar-refractivity contribution < 1.29 is 19.1 Å². The molecule has 0 spiro atoms. The molecular weight excluding hydrogens is 370 g/mol. The molecule has 0 fully saturated rings. The first kappa shape index (κ1) is 20.1. The number of esters is 1. The summed E-state index contributed by atoms with van der Waals surface area (Å²) in [5.41, 5.74) is 2.89. The molecule has 1 heterocycles. The fourth-order valence-electron chi connectivity index (χ4n) is 2.67. The molecule has 3 rings (SSSR count). The first-order valence-electron chi connectivity index (χ1n) is 9.21. The number of carbonyl (C=O) groups is 2. The summed E-state index contributed by atoms with van der Waals surface area (Å²) >= 11 is 0. The summed E-state index contributed by atoms with van der Waals surface area (Å²) in [7, 11) is 1.45. The summed E-state index contributed by atoms with van der Waals surface area (Å²) < 4.78 is 12.1. The Kier molecular flexibility index (Phi) is 6.29. The van der Waals surface area contributed by atoms with Crippen molar-refractivity contribution in [3.8, 4) is 11.4 Å². The number of methoxy groups -OCH3 is 1. The molecule has 2 aromatic carbocycles. The molecule has 0 unspecified atom stereocenters. The lowest BCUT2D eigenvalue weighted by Gasteiger charge is -2.13. The number of rotatable bonds is 7. The number of ether oxygens (including phenoxy) is 2. The number of amides is 1. The number of para-hydroxylation sites is 1. The number of hydrogen-bond donors (Lipinski definition) is 1. The number of benzene rings is 2. The summed E-state index contributed by atoms with van der Waals surface area (Å²) in [6.45, 7) is 3.87. The predicted octanol–water partition coefficient (Wildman–Crippen LogP) is 3.05. The molecule has 1 atom stereocenters. The molecule has 29 heavy (non-hydrogen) atoms. The van der Waals surface area contributed by atoms with Gasteiger partial charge in [0.1, 0.15) is 0 Å². The highest BCUT2D eigenvalue weighted by Gasteiger charge is 2.24. The highest BCUT2D eigenvalue weighted by molar-refractivity contribution is 5.92. The van der Waals surface area contributed by atoms with Crippen molar-refractivity contribution >= 4 is 11.9 Å². The van der Waals surface area contributed by atoms with Gasteiger partial charge in [-0.2, -0.15) is 5.10 Å². The highest BCUT2D eigenvalue weighted by Crippen LogP contribution is 2.20. The smallest absolute Gasteiger partial charge is 0.363 e. The van der Waals surface area contributed by atoms with E-state index in [2.05, 4.69) is 10.4 Å². The maximum absolute atomic E-state index is 12.5. The molecule has 1 aromatic heterocycles. The van der Waals surface area contributed by atoms with Crippen LogP contribution in [0.15, 0.2) is 60.8 Å². The third-order valence-electron chi connectivity index (χ3n) is 4.36. The Morgan fingerprint density at radius 1 is 1.10 bits per heavy atom. The molecule has 0 saturated carbocycles. The average Bonchev–Trinajstić information content (AvgIpc) is 3.18. The van der Waals surface area contributed by atoms with E-state index in [-0.39, 0.29) is 17.4 Å². The lowest BCUT2D eigenvalue weighted by Crippen LogP contribution is -2.35. The van der Waals surface area contributed by atoms with Crippen LogP contribution in [-0.2, 0) is 16.1 Å². The second-order valence-electron chi connectivity index (χ2n) is 6.58. The van der Waals surface area contributed by atoms with Gasteiger partial charge in [0.15, 0.2) is 11.9 Å². The van der Waals surface area contributed by atoms with Gasteiger partial charge < -0.3 is 14.8 Å². The molecule has 7 heteroatoms. The van der Waals surface area contributed by atoms with Gasteiger partial charge in [0.2, 0.25) is 5.69 Å². The maximum Gasteiger partial charge on any atom is 0.363 e. The van der Waals surface area contributed by atoms with Gasteiger partial charge in [-0.3, -0.25) is 4.79 Å². The maximum atomic E-state index is 12.5. The average molecular weight is 393 g/mol. The number of hydrogen-bond acceptors (Lipinski definition) is 5. The minimum atomic E-state index is -0.973. The molecule has 150 valence electrons. The Hall–Kier alpha value is -3.61. The Morgan fingerprint density at radius 2 is 1.79 bits per heavy atom. The standard InChI is InChI=1S/C22H23N3O4/c1-15-9-11-17(12-10-15)13-23-21(26)16(2)29-22(27)20-19(28-3)14-25(24-20)18-7-5-4-6-8-18/h4-12,14,16H,13H2,1-3H3,(H,23,26)/t16-/m0/s1. The lowest BCUT2D eigenvalue weighted by molar-refractivity contribution is -0.129. The van der Waals surface area contributed by atoms with E-state index < -0.39 is 12.1 Å². The van der Waals surface area contributed by atoms with Crippen LogP contribution in [0, 0.1) is 6.92 Å². The summed E-state index contributed by atoms with van der Waals surface area (Å²) in [6.07, 6.45) is 0.619. The minimum absolute atomic E-state index is 0.00883. The van der Waals surface area contributed by atoms with Crippen LogP contribution in [0.3, 0.4) is 0 Å². The number of nitrogens with zero attached hydrogens (tertiary/aromatic N) is 2. The molecule has 7 nitrogen and oxygen atoms in total. The van der Waals surface area contributed by atoms with Crippen LogP contribution in [-0.4, -0.2) is 34.9 Å². The van der Waals surface area contributed by atoms with Crippen LogP contribution in [0.4, 0.5) is 0 Å². The van der Waals surface area contributed by atoms with Crippen LogP contribution in [0.1, 0.15) is 28.5 Å². The fraction of sp³-hybridized carbons (Fsp3) is 0.227. The summed E-state index contributed by atoms with van der Waals surface area (Å²) in [5, 5.41) is 7.01. The minimum Gasteiger partial charge on any atom is -0.493 e. The Labute approximate surface area is 169 Å². The molecule has 0 aliphatic heterocycles. The van der Waals surface area contributed by atoms with Crippen LogP contribution in [0.5, 0.6) is 5.75 Å². The summed E-state index contributed by atoms with van der Waals surface area (Å²) in [4.78, 5) is 24.8. The monoisotopic (exact) mass is 393 g/mol. The van der Waals surface area contributed by atoms with E-state index in [9.17, 15) is 9.59 Å². The van der Waals surface area contributed by atoms with Crippen molar-refractivity contribution in [1.29, 1.82) is 0 Å². The van der Waals surface area contributed by atoms with Gasteiger partial charge in [-0.1, -0.05) is 48.0 Å². The van der Waals surface area contributed by atoms with E-state index in [1.807, 2.05) is 61.5 Å². The normalized spacial score (nSPS) is 11.6. The second kappa shape index (κ2) is 9.05. The van der Waals surface area contributed by atoms with Crippen molar-refractivity contribution in [2.75, 3.05) is 7.11 Å². The van der Waals surface area contributed by atoms with Crippen molar-refractivity contribution in [1.82, 2.24) is 15.1 Å². The molecule has 0 saturated heterocycles. The van der Waals surface area contributed by atoms with Crippen molar-refractivity contribution in [3.05, 3.63) is 77.6 Å². The van der Waals surface area contributed by atoms with Crippen molar-refractivity contribution in [2.45, 2.75) is 26.5 Å². The summed E-state index contributed by atoms with van der Waals surface area (Å²) in [5.74, 6) is -0.846. The molecule has 0 bridgehead atoms. The first-order chi connectivity index (χ1) is 14.0. The van der Waals surface area contributed by atoms with Gasteiger partial charge in [-0.05, 0) is 31.5 Å². The zero-order valence-electron chi connectivity index (χ0n) is 16.6. The zero-order chi connectivity index (χ0) is 20.8. The lowest BCUT2D eigenvalue weighted by atomic mass is 10.1. The number of aryl methyl sites for hydroxylation is 1. The topological polar surface area (TPSA) is 82.5 Å². The van der Waals surface area contributed by atoms with Gasteiger partial charge in [-0.15, -0.1) is 0 Å². The van der Waals surface area contributed by atoms with Crippen LogP contribution >= 0.6 is 0 Å². The molecule has 0 aliphatic carbocycles. The van der Waals surface area contributed by atoms with Crippen LogP contribution < -0.4 is 10.1 Å². The molecule has 0 aliphatic rings. The van der Waals surface area contributed by atoms with E-state index in [0.717, 1.165) is 16.8 Å². The largest absolute Gasteiger partial charge is 0.493 e. The van der Waals surface area contributed by atoms with E-state index in [0.29, 0.717) is 6.54 Å². The van der Waals surface area contributed by atoms with Crippen LogP contribution in [0.2, 0.25) is 0 Å². The Balaban J connectivity index is 1.63. The highest BCUT2D eigenvalue weighted by atomic mass is 16.6. The Bertz CT molecular complexity index is 981. The fourth-order valence-corrected chi connectivity index (χ4v) is 2.67. The van der Waals surface area contributed by atoms with Gasteiger partial charge >= 0.3 is 5.97 Å². The third-order valence-corrected chi connectivity index (χ3v) is 4.36. The van der Waals surface area contributed by atoms with Crippen molar-refractivity contribution in [2.24, 2.45) is 0 Å². The van der Waals surface area contributed by atoms with E-state index >= 15 is 0 Å². The molecule has 1 N–H and O–H groups in total. The number of carbonyl (C=O) groups excluding carboxylic acids is 2. The SMILES string of the molecule is COc1cn(-c2ccccc2)nc1C(=O)O[C@@H](C)C(=O)NCc1ccc(C)cc1. The Morgan fingerprint density at radius 3 is 2.45 bits per heavy atom. The van der Waals surface area contributed by atoms with Gasteiger partial charge in [0.25, 0.3) is 5.91 Å². The summed E-state index contributed by atoms with van der Waals surface area (Å²) in [6, 6.07) is 17.1. The van der Waals surface area contributed by atoms with Gasteiger partial charge in [0, 0.05) is 6.54 Å². The van der Waals surface area contributed by atoms with Gasteiger partial charge in [0.05, 0.1) is 19.0 Å². The predicted molar refractivity (Wildman–Crippen MR) is 108 cm³/mol. The first-order valence-corrected chi connectivity index (χ1v) is 9.21. The van der Waals surface area contributed by atoms with E-state index in [4.69, 9.17) is 9.47 Å². The molecule has 1 amide bonds. The van der Waals surface area contributed by atoms with E-state index in [1.54, 1.807) is 6.20 Å². The zero-order valence-corrected chi connectivity index (χ0v) is 16.6. The molecule has 0 radical (unpaired) electrons. The number of nitrogens with one attached hydrogen (secondary N) is 1. The molecule has 3 aromatic rings. The van der Waals surface area contributed by atoms with Crippen LogP contribution in [0.25, 0.3) is 5.69 Å². The van der Waals surface area contributed by atoms with Crippen molar-refractivity contribution in [3.63, 3.8) is 0 Å². The quantitative estimate of drug-likeness (QED) is 0.624. The second-order valence-corrected chi connectivity index (χ2v) is 6.58. The third kappa shape index (κ3) is 5.01. The number of aromatic nitrogens is 2. The van der Waals surface area contributed by atoms with Gasteiger partial charge in [-0.25, -0.2) is 9.48 Å².